The van der Waals surface area contributed by atoms with Gasteiger partial charge in [-0.1, -0.05) is 30.3 Å². The Balaban J connectivity index is 1.51. The van der Waals surface area contributed by atoms with Crippen LogP contribution in [-0.2, 0) is 25.8 Å². The number of halogens is 1. The number of carbonyl (C=O) groups excluding carboxylic acids is 2. The van der Waals surface area contributed by atoms with Gasteiger partial charge in [0.25, 0.3) is 5.91 Å². The zero-order chi connectivity index (χ0) is 25.7. The highest BCUT2D eigenvalue weighted by Crippen LogP contribution is 2.27. The molecule has 1 fully saturated rings. The van der Waals surface area contributed by atoms with Crippen molar-refractivity contribution < 1.29 is 27.1 Å². The number of hydrogen-bond acceptors (Lipinski definition) is 6. The van der Waals surface area contributed by atoms with Gasteiger partial charge in [-0.2, -0.15) is 0 Å². The molecule has 0 bridgehead atoms. The molecule has 7 nitrogen and oxygen atoms in total. The standard InChI is InChI=1S/C27H27FN2O5S/c1-36(33,34)18-26(31)30(22-9-13-24(14-10-22)35-23-11-7-21(28)8-12-23)27(32)25-16-20(17-29-25)15-19-5-3-2-4-6-19/h2-14,20,25,29H,15-18H2,1H3. The maximum Gasteiger partial charge on any atom is 0.250 e. The van der Waals surface area contributed by atoms with E-state index in [1.807, 2.05) is 30.3 Å². The second-order valence-corrected chi connectivity index (χ2v) is 11.1. The molecule has 1 N–H and O–H groups in total. The molecule has 0 spiro atoms. The Morgan fingerprint density at radius 1 is 0.972 bits per heavy atom. The molecule has 2 amide bonds. The number of nitrogens with zero attached hydrogens (tertiary/aromatic N) is 1. The quantitative estimate of drug-likeness (QED) is 0.496. The summed E-state index contributed by atoms with van der Waals surface area (Å²) in [4.78, 5) is 27.4. The highest BCUT2D eigenvalue weighted by atomic mass is 32.2. The van der Waals surface area contributed by atoms with E-state index in [9.17, 15) is 22.4 Å². The van der Waals surface area contributed by atoms with Crippen molar-refractivity contribution in [3.05, 3.63) is 90.2 Å². The van der Waals surface area contributed by atoms with Gasteiger partial charge >= 0.3 is 0 Å². The number of sulfone groups is 1. The Hall–Kier alpha value is -3.56. The molecule has 0 saturated carbocycles. The van der Waals surface area contributed by atoms with Crippen LogP contribution >= 0.6 is 0 Å². The van der Waals surface area contributed by atoms with Crippen molar-refractivity contribution >= 4 is 27.3 Å². The van der Waals surface area contributed by atoms with E-state index in [1.165, 1.54) is 42.0 Å². The Bertz CT molecular complexity index is 1310. The summed E-state index contributed by atoms with van der Waals surface area (Å²) in [6, 6.07) is 21.0. The predicted octanol–water partition coefficient (Wildman–Crippen LogP) is 3.74. The van der Waals surface area contributed by atoms with Crippen LogP contribution in [0.1, 0.15) is 12.0 Å². The van der Waals surface area contributed by atoms with Gasteiger partial charge in [0, 0.05) is 6.26 Å². The van der Waals surface area contributed by atoms with Crippen molar-refractivity contribution in [2.45, 2.75) is 18.9 Å². The highest BCUT2D eigenvalue weighted by molar-refractivity contribution is 7.91. The number of nitrogens with one attached hydrogen (secondary N) is 1. The summed E-state index contributed by atoms with van der Waals surface area (Å²) < 4.78 is 42.5. The molecule has 2 atom stereocenters. The third-order valence-corrected chi connectivity index (χ3v) is 6.66. The van der Waals surface area contributed by atoms with Crippen molar-refractivity contribution in [1.82, 2.24) is 5.32 Å². The van der Waals surface area contributed by atoms with Gasteiger partial charge in [0.1, 0.15) is 23.1 Å². The molecule has 1 aliphatic rings. The van der Waals surface area contributed by atoms with Crippen molar-refractivity contribution in [2.75, 3.05) is 23.5 Å². The minimum absolute atomic E-state index is 0.208. The largest absolute Gasteiger partial charge is 0.457 e. The molecule has 1 aliphatic heterocycles. The molecular weight excluding hydrogens is 483 g/mol. The van der Waals surface area contributed by atoms with Gasteiger partial charge in [-0.25, -0.2) is 17.7 Å². The number of anilines is 1. The van der Waals surface area contributed by atoms with E-state index in [4.69, 9.17) is 4.74 Å². The second kappa shape index (κ2) is 11.0. The molecule has 1 heterocycles. The van der Waals surface area contributed by atoms with Crippen molar-refractivity contribution in [2.24, 2.45) is 5.92 Å². The van der Waals surface area contributed by atoms with Crippen LogP contribution in [0.5, 0.6) is 11.5 Å². The number of benzene rings is 3. The first-order chi connectivity index (χ1) is 17.2. The molecule has 0 aromatic heterocycles. The Labute approximate surface area is 209 Å². The summed E-state index contributed by atoms with van der Waals surface area (Å²) in [5, 5.41) is 3.20. The maximum absolute atomic E-state index is 13.5. The molecule has 1 saturated heterocycles. The molecule has 0 aliphatic carbocycles. The van der Waals surface area contributed by atoms with Crippen LogP contribution in [0.3, 0.4) is 0 Å². The lowest BCUT2D eigenvalue weighted by molar-refractivity contribution is -0.126. The van der Waals surface area contributed by atoms with Crippen LogP contribution in [0.15, 0.2) is 78.9 Å². The third kappa shape index (κ3) is 6.77. The predicted molar refractivity (Wildman–Crippen MR) is 135 cm³/mol. The van der Waals surface area contributed by atoms with Crippen LogP contribution in [0, 0.1) is 11.7 Å². The lowest BCUT2D eigenvalue weighted by Gasteiger charge is -2.24. The number of imide groups is 1. The van der Waals surface area contributed by atoms with E-state index >= 15 is 0 Å². The van der Waals surface area contributed by atoms with Crippen LogP contribution in [0.4, 0.5) is 10.1 Å². The average Bonchev–Trinajstić information content (AvgIpc) is 3.30. The minimum Gasteiger partial charge on any atom is -0.457 e. The second-order valence-electron chi connectivity index (χ2n) is 8.94. The Kier molecular flexibility index (Phi) is 7.81. The lowest BCUT2D eigenvalue weighted by atomic mass is 9.96. The number of rotatable bonds is 8. The van der Waals surface area contributed by atoms with E-state index in [0.29, 0.717) is 24.5 Å². The monoisotopic (exact) mass is 510 g/mol. The van der Waals surface area contributed by atoms with Gasteiger partial charge in [0.05, 0.1) is 11.7 Å². The minimum atomic E-state index is -3.66. The maximum atomic E-state index is 13.5. The number of carbonyl (C=O) groups is 2. The van der Waals surface area contributed by atoms with Gasteiger partial charge in [-0.3, -0.25) is 9.59 Å². The summed E-state index contributed by atoms with van der Waals surface area (Å²) in [7, 11) is -3.66. The Morgan fingerprint density at radius 2 is 1.58 bits per heavy atom. The summed E-state index contributed by atoms with van der Waals surface area (Å²) >= 11 is 0. The first-order valence-electron chi connectivity index (χ1n) is 11.5. The van der Waals surface area contributed by atoms with Gasteiger partial charge < -0.3 is 10.1 Å². The normalized spacial score (nSPS) is 17.5. The van der Waals surface area contributed by atoms with E-state index in [0.717, 1.165) is 17.6 Å². The van der Waals surface area contributed by atoms with Crippen molar-refractivity contribution in [1.29, 1.82) is 0 Å². The Morgan fingerprint density at radius 3 is 2.19 bits per heavy atom. The SMILES string of the molecule is CS(=O)(=O)CC(=O)N(C(=O)C1CC(Cc2ccccc2)CN1)c1ccc(Oc2ccc(F)cc2)cc1. The molecule has 9 heteroatoms. The van der Waals surface area contributed by atoms with Crippen LogP contribution in [-0.4, -0.2) is 44.8 Å². The number of amides is 2. The molecular formula is C27H27FN2O5S. The third-order valence-electron chi connectivity index (χ3n) is 5.89. The van der Waals surface area contributed by atoms with E-state index in [2.05, 4.69) is 5.32 Å². The van der Waals surface area contributed by atoms with Crippen molar-refractivity contribution in [3.63, 3.8) is 0 Å². The fraction of sp³-hybridized carbons (Fsp3) is 0.259. The molecule has 0 radical (unpaired) electrons. The van der Waals surface area contributed by atoms with Crippen LogP contribution < -0.4 is 15.0 Å². The van der Waals surface area contributed by atoms with E-state index in [1.54, 1.807) is 12.1 Å². The fourth-order valence-corrected chi connectivity index (χ4v) is 4.82. The topological polar surface area (TPSA) is 92.8 Å². The van der Waals surface area contributed by atoms with Gasteiger partial charge in [0.2, 0.25) is 5.91 Å². The molecule has 4 rings (SSSR count). The number of ether oxygens (including phenoxy) is 1. The van der Waals surface area contributed by atoms with Gasteiger partial charge in [-0.05, 0) is 79.4 Å². The molecule has 3 aromatic rings. The van der Waals surface area contributed by atoms with Crippen LogP contribution in [0.25, 0.3) is 0 Å². The smallest absolute Gasteiger partial charge is 0.250 e. The first-order valence-corrected chi connectivity index (χ1v) is 13.6. The summed E-state index contributed by atoms with van der Waals surface area (Å²) in [5.74, 6) is -1.44. The summed E-state index contributed by atoms with van der Waals surface area (Å²) in [5.41, 5.74) is 1.41. The molecule has 188 valence electrons. The van der Waals surface area contributed by atoms with E-state index in [-0.39, 0.29) is 17.4 Å². The molecule has 36 heavy (non-hydrogen) atoms. The first kappa shape index (κ1) is 25.5. The summed E-state index contributed by atoms with van der Waals surface area (Å²) in [6.07, 6.45) is 2.28. The highest BCUT2D eigenvalue weighted by Gasteiger charge is 2.36. The zero-order valence-corrected chi connectivity index (χ0v) is 20.6. The van der Waals surface area contributed by atoms with E-state index < -0.39 is 33.4 Å². The average molecular weight is 511 g/mol. The fourth-order valence-electron chi connectivity index (χ4n) is 4.24. The molecule has 2 unspecified atom stereocenters. The lowest BCUT2D eigenvalue weighted by Crippen LogP contribution is -2.48. The van der Waals surface area contributed by atoms with Gasteiger partial charge in [-0.15, -0.1) is 0 Å². The van der Waals surface area contributed by atoms with Crippen molar-refractivity contribution in [3.8, 4) is 11.5 Å². The zero-order valence-electron chi connectivity index (χ0n) is 19.8. The van der Waals surface area contributed by atoms with Gasteiger partial charge in [0.15, 0.2) is 9.84 Å². The van der Waals surface area contributed by atoms with Crippen LogP contribution in [0.2, 0.25) is 0 Å². The molecule has 3 aromatic carbocycles. The number of hydrogen-bond donors (Lipinski definition) is 1. The summed E-state index contributed by atoms with van der Waals surface area (Å²) in [6.45, 7) is 0.615.